The van der Waals surface area contributed by atoms with Crippen molar-refractivity contribution in [3.63, 3.8) is 0 Å². The first kappa shape index (κ1) is 16.8. The number of carbonyl (C=O) groups is 1. The monoisotopic (exact) mass is 346 g/mol. The molecule has 1 aliphatic rings. The highest BCUT2D eigenvalue weighted by molar-refractivity contribution is 7.13. The van der Waals surface area contributed by atoms with Gasteiger partial charge in [0.25, 0.3) is 0 Å². The van der Waals surface area contributed by atoms with Gasteiger partial charge in [-0.3, -0.25) is 9.69 Å². The van der Waals surface area contributed by atoms with Gasteiger partial charge < -0.3 is 10.2 Å². The molecule has 0 aliphatic carbocycles. The van der Waals surface area contributed by atoms with E-state index in [1.807, 2.05) is 17.5 Å². The number of likely N-dealkylation sites (N-methyl/N-ethyl adjacent to an activating group) is 1. The molecule has 1 saturated heterocycles. The van der Waals surface area contributed by atoms with Gasteiger partial charge >= 0.3 is 0 Å². The molecule has 0 aromatic carbocycles. The smallest absolute Gasteiger partial charge is 0.223 e. The van der Waals surface area contributed by atoms with Gasteiger partial charge in [0.2, 0.25) is 5.91 Å². The van der Waals surface area contributed by atoms with E-state index in [4.69, 9.17) is 0 Å². The van der Waals surface area contributed by atoms with Gasteiger partial charge in [-0.25, -0.2) is 4.98 Å². The van der Waals surface area contributed by atoms with Crippen molar-refractivity contribution in [1.82, 2.24) is 20.1 Å². The van der Waals surface area contributed by atoms with E-state index in [-0.39, 0.29) is 5.91 Å². The lowest BCUT2D eigenvalue weighted by Gasteiger charge is -2.37. The van der Waals surface area contributed by atoms with Crippen LogP contribution in [0, 0.1) is 0 Å². The predicted octanol–water partition coefficient (Wildman–Crippen LogP) is 1.99. The van der Waals surface area contributed by atoms with Crippen LogP contribution in [-0.4, -0.2) is 52.2 Å². The van der Waals surface area contributed by atoms with E-state index in [9.17, 15) is 4.79 Å². The Morgan fingerprint density at radius 1 is 1.54 bits per heavy atom. The molecule has 3 heterocycles. The average molecular weight is 346 g/mol. The van der Waals surface area contributed by atoms with Gasteiger partial charge in [0.15, 0.2) is 10.9 Å². The van der Waals surface area contributed by atoms with E-state index in [1.165, 1.54) is 18.3 Å². The fourth-order valence-electron chi connectivity index (χ4n) is 2.96. The lowest BCUT2D eigenvalue weighted by molar-refractivity contribution is -0.114. The molecule has 128 valence electrons. The van der Waals surface area contributed by atoms with Crippen LogP contribution in [0.1, 0.15) is 25.5 Å². The third-order valence-electron chi connectivity index (χ3n) is 4.15. The lowest BCUT2D eigenvalue weighted by atomic mass is 10.0. The van der Waals surface area contributed by atoms with Crippen LogP contribution >= 0.6 is 11.3 Å². The molecular formula is C16H22N6OS. The number of aromatic nitrogens is 3. The van der Waals surface area contributed by atoms with Gasteiger partial charge in [-0.1, -0.05) is 0 Å². The quantitative estimate of drug-likeness (QED) is 0.892. The van der Waals surface area contributed by atoms with Crippen LogP contribution in [0.15, 0.2) is 23.7 Å². The van der Waals surface area contributed by atoms with Crippen molar-refractivity contribution in [2.45, 2.75) is 32.4 Å². The summed E-state index contributed by atoms with van der Waals surface area (Å²) < 4.78 is 0. The zero-order valence-corrected chi connectivity index (χ0v) is 14.8. The maximum absolute atomic E-state index is 11.1. The van der Waals surface area contributed by atoms with Gasteiger partial charge in [-0.2, -0.15) is 5.10 Å². The van der Waals surface area contributed by atoms with Crippen molar-refractivity contribution < 1.29 is 4.79 Å². The summed E-state index contributed by atoms with van der Waals surface area (Å²) in [6.45, 7) is 4.23. The van der Waals surface area contributed by atoms with Crippen molar-refractivity contribution in [3.8, 4) is 0 Å². The fraction of sp³-hybridized carbons (Fsp3) is 0.500. The highest BCUT2D eigenvalue weighted by Gasteiger charge is 2.24. The summed E-state index contributed by atoms with van der Waals surface area (Å²) in [4.78, 5) is 20.2. The topological polar surface area (TPSA) is 74.2 Å². The molecule has 0 unspecified atom stereocenters. The molecule has 0 spiro atoms. The number of carbonyl (C=O) groups excluding carboxylic acids is 1. The van der Waals surface area contributed by atoms with Gasteiger partial charge in [0.1, 0.15) is 0 Å². The van der Waals surface area contributed by atoms with Gasteiger partial charge in [-0.15, -0.1) is 16.4 Å². The Labute approximate surface area is 145 Å². The molecule has 0 saturated carbocycles. The Morgan fingerprint density at radius 2 is 2.42 bits per heavy atom. The molecule has 1 amide bonds. The second-order valence-corrected chi connectivity index (χ2v) is 6.92. The summed E-state index contributed by atoms with van der Waals surface area (Å²) in [5.74, 6) is 0.855. The van der Waals surface area contributed by atoms with Gasteiger partial charge in [-0.05, 0) is 32.0 Å². The summed E-state index contributed by atoms with van der Waals surface area (Å²) in [6.07, 6.45) is 4.00. The maximum Gasteiger partial charge on any atom is 0.223 e. The maximum atomic E-state index is 11.1. The third-order valence-corrected chi connectivity index (χ3v) is 4.95. The van der Waals surface area contributed by atoms with E-state index < -0.39 is 0 Å². The van der Waals surface area contributed by atoms with Crippen LogP contribution < -0.4 is 10.2 Å². The summed E-state index contributed by atoms with van der Waals surface area (Å²) >= 11 is 1.47. The van der Waals surface area contributed by atoms with E-state index >= 15 is 0 Å². The lowest BCUT2D eigenvalue weighted by Crippen LogP contribution is -2.46. The molecule has 1 N–H and O–H groups in total. The number of piperidine rings is 1. The molecule has 7 nitrogen and oxygen atoms in total. The Balaban J connectivity index is 1.59. The van der Waals surface area contributed by atoms with E-state index in [2.05, 4.69) is 37.3 Å². The summed E-state index contributed by atoms with van der Waals surface area (Å²) in [7, 11) is 2.13. The van der Waals surface area contributed by atoms with E-state index in [1.54, 1.807) is 6.20 Å². The zero-order valence-electron chi connectivity index (χ0n) is 14.0. The zero-order chi connectivity index (χ0) is 16.9. The van der Waals surface area contributed by atoms with Crippen LogP contribution in [0.5, 0.6) is 0 Å². The van der Waals surface area contributed by atoms with Crippen molar-refractivity contribution in [2.24, 2.45) is 0 Å². The van der Waals surface area contributed by atoms with E-state index in [0.29, 0.717) is 11.2 Å². The largest absolute Gasteiger partial charge is 0.354 e. The molecule has 2 aromatic rings. The van der Waals surface area contributed by atoms with Crippen LogP contribution in [0.3, 0.4) is 0 Å². The fourth-order valence-corrected chi connectivity index (χ4v) is 3.70. The number of nitrogens with zero attached hydrogens (tertiary/aromatic N) is 5. The average Bonchev–Trinajstić information content (AvgIpc) is 3.02. The number of thiazole rings is 1. The number of hydrogen-bond acceptors (Lipinski definition) is 7. The van der Waals surface area contributed by atoms with Crippen LogP contribution in [0.4, 0.5) is 10.9 Å². The SMILES string of the molecule is CC(=O)Nc1nc(CN(C)[C@H]2CCCN(c3cccnn3)C2)cs1. The van der Waals surface area contributed by atoms with Crippen molar-refractivity contribution >= 4 is 28.2 Å². The standard InChI is InChI=1S/C16H22N6OS/c1-12(23)18-16-19-13(11-24-16)9-21(2)14-5-4-8-22(10-14)15-6-3-7-17-20-15/h3,6-7,11,14H,4-5,8-10H2,1-2H3,(H,18,19,23)/t14-/m0/s1. The van der Waals surface area contributed by atoms with Crippen molar-refractivity contribution in [2.75, 3.05) is 30.4 Å². The van der Waals surface area contributed by atoms with Gasteiger partial charge in [0, 0.05) is 44.2 Å². The first-order valence-corrected chi connectivity index (χ1v) is 8.94. The minimum Gasteiger partial charge on any atom is -0.354 e. The molecule has 24 heavy (non-hydrogen) atoms. The molecule has 2 aromatic heterocycles. The van der Waals surface area contributed by atoms with E-state index in [0.717, 1.165) is 44.0 Å². The first-order valence-electron chi connectivity index (χ1n) is 8.06. The van der Waals surface area contributed by atoms with Crippen molar-refractivity contribution in [3.05, 3.63) is 29.4 Å². The Bertz CT molecular complexity index is 676. The molecular weight excluding hydrogens is 324 g/mol. The summed E-state index contributed by atoms with van der Waals surface area (Å²) in [6, 6.07) is 4.39. The highest BCUT2D eigenvalue weighted by Crippen LogP contribution is 2.22. The number of nitrogens with one attached hydrogen (secondary N) is 1. The minimum absolute atomic E-state index is 0.0869. The normalized spacial score (nSPS) is 18.0. The third kappa shape index (κ3) is 4.27. The molecule has 3 rings (SSSR count). The molecule has 0 bridgehead atoms. The predicted molar refractivity (Wildman–Crippen MR) is 95.2 cm³/mol. The second kappa shape index (κ2) is 7.67. The molecule has 0 radical (unpaired) electrons. The molecule has 1 aliphatic heterocycles. The minimum atomic E-state index is -0.0869. The first-order chi connectivity index (χ1) is 11.6. The summed E-state index contributed by atoms with van der Waals surface area (Å²) in [5.41, 5.74) is 0.989. The Kier molecular flexibility index (Phi) is 5.37. The van der Waals surface area contributed by atoms with Crippen LogP contribution in [-0.2, 0) is 11.3 Å². The van der Waals surface area contributed by atoms with Crippen molar-refractivity contribution in [1.29, 1.82) is 0 Å². The molecule has 1 fully saturated rings. The van der Waals surface area contributed by atoms with Crippen LogP contribution in [0.2, 0.25) is 0 Å². The molecule has 8 heteroatoms. The Hall–Kier alpha value is -2.06. The van der Waals surface area contributed by atoms with Gasteiger partial charge in [0.05, 0.1) is 5.69 Å². The summed E-state index contributed by atoms with van der Waals surface area (Å²) in [5, 5.41) is 13.6. The molecule has 1 atom stereocenters. The van der Waals surface area contributed by atoms with Crippen LogP contribution in [0.25, 0.3) is 0 Å². The number of amides is 1. The Morgan fingerprint density at radius 3 is 3.17 bits per heavy atom. The number of hydrogen-bond donors (Lipinski definition) is 1. The number of rotatable bonds is 5. The number of anilines is 2. The second-order valence-electron chi connectivity index (χ2n) is 6.06. The highest BCUT2D eigenvalue weighted by atomic mass is 32.1.